The van der Waals surface area contributed by atoms with E-state index in [0.29, 0.717) is 0 Å². The third-order valence-electron chi connectivity index (χ3n) is 3.73. The van der Waals surface area contributed by atoms with E-state index in [1.807, 2.05) is 0 Å². The van der Waals surface area contributed by atoms with Crippen LogP contribution in [0.15, 0.2) is 0 Å². The van der Waals surface area contributed by atoms with Crippen LogP contribution in [0.4, 0.5) is 0 Å². The molecule has 3 rings (SSSR count). The Morgan fingerprint density at radius 2 is 1.62 bits per heavy atom. The summed E-state index contributed by atoms with van der Waals surface area (Å²) in [5.41, 5.74) is 0. The molecule has 0 unspecified atom stereocenters. The van der Waals surface area contributed by atoms with E-state index in [-0.39, 0.29) is 0 Å². The molecule has 2 saturated heterocycles. The smallest absolute Gasteiger partial charge is 0.0201 e. The van der Waals surface area contributed by atoms with Crippen LogP contribution < -0.4 is 0 Å². The molecule has 3 fully saturated rings. The molecule has 0 spiro atoms. The van der Waals surface area contributed by atoms with E-state index in [1.54, 1.807) is 0 Å². The number of hydrogen-bond donors (Lipinski definition) is 0. The number of rotatable bonds is 2. The fourth-order valence-electron chi connectivity index (χ4n) is 2.85. The summed E-state index contributed by atoms with van der Waals surface area (Å²) >= 11 is 2.48. The molecule has 0 amide bonds. The number of halogens is 1. The molecule has 2 aliphatic heterocycles. The molecule has 2 atom stereocenters. The molecule has 1 saturated carbocycles. The Morgan fingerprint density at radius 3 is 2.15 bits per heavy atom. The first kappa shape index (κ1) is 8.92. The van der Waals surface area contributed by atoms with E-state index in [2.05, 4.69) is 30.9 Å². The van der Waals surface area contributed by atoms with Gasteiger partial charge in [-0.2, -0.15) is 0 Å². The minimum absolute atomic E-state index is 0.996. The highest BCUT2D eigenvalue weighted by Gasteiger charge is 2.40. The molecule has 0 aromatic rings. The fourth-order valence-corrected chi connectivity index (χ4v) is 3.86. The van der Waals surface area contributed by atoms with E-state index >= 15 is 0 Å². The zero-order chi connectivity index (χ0) is 8.84. The Hall–Kier alpha value is 0.650. The third kappa shape index (κ3) is 1.88. The molecule has 0 bridgehead atoms. The SMILES string of the molecule is IN1C[C@@H]2CN(CC3CC3)C[C@@H]2C1. The number of likely N-dealkylation sites (tertiary alicyclic amines) is 1. The second kappa shape index (κ2) is 3.35. The van der Waals surface area contributed by atoms with E-state index in [9.17, 15) is 0 Å². The van der Waals surface area contributed by atoms with Gasteiger partial charge in [-0.05, 0) is 30.6 Å². The quantitative estimate of drug-likeness (QED) is 0.563. The van der Waals surface area contributed by atoms with Gasteiger partial charge in [0.2, 0.25) is 0 Å². The number of hydrogen-bond acceptors (Lipinski definition) is 2. The van der Waals surface area contributed by atoms with Crippen LogP contribution in [0.5, 0.6) is 0 Å². The first-order valence-corrected chi connectivity index (χ1v) is 6.41. The van der Waals surface area contributed by atoms with Crippen molar-refractivity contribution in [2.75, 3.05) is 32.7 Å². The summed E-state index contributed by atoms with van der Waals surface area (Å²) in [5, 5.41) is 0. The molecule has 0 aromatic carbocycles. The number of fused-ring (bicyclic) bond motifs is 1. The van der Waals surface area contributed by atoms with Crippen LogP contribution in [0.25, 0.3) is 0 Å². The monoisotopic (exact) mass is 292 g/mol. The van der Waals surface area contributed by atoms with Gasteiger partial charge < -0.3 is 4.90 Å². The van der Waals surface area contributed by atoms with Crippen LogP contribution in [0, 0.1) is 17.8 Å². The van der Waals surface area contributed by atoms with Crippen molar-refractivity contribution in [3.63, 3.8) is 0 Å². The summed E-state index contributed by atoms with van der Waals surface area (Å²) in [6.45, 7) is 6.87. The van der Waals surface area contributed by atoms with Crippen molar-refractivity contribution >= 4 is 22.9 Å². The van der Waals surface area contributed by atoms with Crippen LogP contribution in [-0.4, -0.2) is 40.7 Å². The van der Waals surface area contributed by atoms with Gasteiger partial charge in [-0.15, -0.1) is 0 Å². The van der Waals surface area contributed by atoms with Crippen LogP contribution in [0.3, 0.4) is 0 Å². The van der Waals surface area contributed by atoms with Gasteiger partial charge in [-0.1, -0.05) is 0 Å². The zero-order valence-corrected chi connectivity index (χ0v) is 10.1. The summed E-state index contributed by atoms with van der Waals surface area (Å²) in [4.78, 5) is 2.72. The van der Waals surface area contributed by atoms with Gasteiger partial charge in [-0.3, -0.25) is 0 Å². The predicted octanol–water partition coefficient (Wildman–Crippen LogP) is 1.61. The van der Waals surface area contributed by atoms with Gasteiger partial charge >= 0.3 is 0 Å². The molecule has 3 aliphatic rings. The molecule has 0 aromatic heterocycles. The fraction of sp³-hybridized carbons (Fsp3) is 1.00. The molecule has 2 nitrogen and oxygen atoms in total. The normalized spacial score (nSPS) is 41.3. The van der Waals surface area contributed by atoms with Crippen molar-refractivity contribution in [3.8, 4) is 0 Å². The minimum Gasteiger partial charge on any atom is -0.302 e. The Bertz CT molecular complexity index is 191. The van der Waals surface area contributed by atoms with Crippen LogP contribution in [-0.2, 0) is 0 Å². The van der Waals surface area contributed by atoms with Crippen molar-refractivity contribution in [1.82, 2.24) is 8.01 Å². The zero-order valence-electron chi connectivity index (χ0n) is 7.95. The molecular weight excluding hydrogens is 275 g/mol. The molecule has 13 heavy (non-hydrogen) atoms. The van der Waals surface area contributed by atoms with E-state index < -0.39 is 0 Å². The lowest BCUT2D eigenvalue weighted by Crippen LogP contribution is -2.27. The summed E-state index contributed by atoms with van der Waals surface area (Å²) < 4.78 is 2.47. The predicted molar refractivity (Wildman–Crippen MR) is 61.7 cm³/mol. The number of nitrogens with zero attached hydrogens (tertiary/aromatic N) is 2. The minimum atomic E-state index is 0.996. The van der Waals surface area contributed by atoms with Crippen molar-refractivity contribution in [1.29, 1.82) is 0 Å². The lowest BCUT2D eigenvalue weighted by atomic mass is 10.0. The van der Waals surface area contributed by atoms with E-state index in [1.165, 1.54) is 45.6 Å². The van der Waals surface area contributed by atoms with Gasteiger partial charge in [0.05, 0.1) is 0 Å². The summed E-state index contributed by atoms with van der Waals surface area (Å²) in [6.07, 6.45) is 3.01. The highest BCUT2D eigenvalue weighted by atomic mass is 127. The first-order chi connectivity index (χ1) is 6.31. The van der Waals surface area contributed by atoms with Gasteiger partial charge in [-0.25, -0.2) is 3.11 Å². The molecule has 3 heteroatoms. The highest BCUT2D eigenvalue weighted by molar-refractivity contribution is 14.1. The molecule has 74 valence electrons. The van der Waals surface area contributed by atoms with Crippen LogP contribution >= 0.6 is 22.9 Å². The molecular formula is C10H17IN2. The van der Waals surface area contributed by atoms with Crippen molar-refractivity contribution < 1.29 is 0 Å². The largest absolute Gasteiger partial charge is 0.302 e. The summed E-state index contributed by atoms with van der Waals surface area (Å²) in [5.74, 6) is 3.07. The highest BCUT2D eigenvalue weighted by Crippen LogP contribution is 2.36. The Kier molecular flexibility index (Phi) is 2.30. The summed E-state index contributed by atoms with van der Waals surface area (Å²) in [7, 11) is 0. The van der Waals surface area contributed by atoms with E-state index in [0.717, 1.165) is 17.8 Å². The lowest BCUT2D eigenvalue weighted by Gasteiger charge is -2.17. The first-order valence-electron chi connectivity index (χ1n) is 5.44. The van der Waals surface area contributed by atoms with Crippen molar-refractivity contribution in [2.45, 2.75) is 12.8 Å². The maximum absolute atomic E-state index is 2.72. The van der Waals surface area contributed by atoms with Gasteiger partial charge in [0, 0.05) is 55.6 Å². The van der Waals surface area contributed by atoms with Crippen molar-refractivity contribution in [2.24, 2.45) is 17.8 Å². The van der Waals surface area contributed by atoms with Gasteiger partial charge in [0.1, 0.15) is 0 Å². The lowest BCUT2D eigenvalue weighted by molar-refractivity contribution is 0.293. The Labute approximate surface area is 94.1 Å². The average Bonchev–Trinajstić information content (AvgIpc) is 2.68. The van der Waals surface area contributed by atoms with Gasteiger partial charge in [0.15, 0.2) is 0 Å². The standard InChI is InChI=1S/C10H17IN2/c11-13-6-9-4-12(3-8-1-2-8)5-10(9)7-13/h8-10H,1-7H2/t9-,10+. The van der Waals surface area contributed by atoms with E-state index in [4.69, 9.17) is 0 Å². The molecule has 1 aliphatic carbocycles. The third-order valence-corrected chi connectivity index (χ3v) is 4.52. The Balaban J connectivity index is 1.55. The molecule has 0 radical (unpaired) electrons. The summed E-state index contributed by atoms with van der Waals surface area (Å²) in [6, 6.07) is 0. The van der Waals surface area contributed by atoms with Crippen LogP contribution in [0.1, 0.15) is 12.8 Å². The average molecular weight is 292 g/mol. The van der Waals surface area contributed by atoms with Crippen molar-refractivity contribution in [3.05, 3.63) is 0 Å². The molecule has 2 heterocycles. The second-order valence-corrected chi connectivity index (χ2v) is 6.37. The second-order valence-electron chi connectivity index (χ2n) is 5.01. The Morgan fingerprint density at radius 1 is 1.00 bits per heavy atom. The van der Waals surface area contributed by atoms with Crippen LogP contribution in [0.2, 0.25) is 0 Å². The maximum Gasteiger partial charge on any atom is 0.0201 e. The molecule has 0 N–H and O–H groups in total. The topological polar surface area (TPSA) is 6.48 Å². The maximum atomic E-state index is 2.72. The van der Waals surface area contributed by atoms with Gasteiger partial charge in [0.25, 0.3) is 0 Å².